The van der Waals surface area contributed by atoms with Gasteiger partial charge in [0.2, 0.25) is 0 Å². The molecule has 1 heterocycles. The molecule has 2 rings (SSSR count). The first-order chi connectivity index (χ1) is 5.86. The maximum Gasteiger partial charge on any atom is 0.156 e. The highest BCUT2D eigenvalue weighted by Crippen LogP contribution is 2.25. The Morgan fingerprint density at radius 2 is 2.42 bits per heavy atom. The van der Waals surface area contributed by atoms with Crippen molar-refractivity contribution in [3.63, 3.8) is 0 Å². The van der Waals surface area contributed by atoms with Crippen molar-refractivity contribution in [1.82, 2.24) is 5.32 Å². The third-order valence-corrected chi connectivity index (χ3v) is 3.66. The number of nitrogens with one attached hydrogen (secondary N) is 1. The molecule has 68 valence electrons. The average molecular weight is 184 g/mol. The zero-order valence-electron chi connectivity index (χ0n) is 7.55. The van der Waals surface area contributed by atoms with Gasteiger partial charge in [-0.1, -0.05) is 25.1 Å². The fourth-order valence-electron chi connectivity index (χ4n) is 1.94. The second kappa shape index (κ2) is 3.69. The summed E-state index contributed by atoms with van der Waals surface area (Å²) in [7, 11) is 0. The van der Waals surface area contributed by atoms with Gasteiger partial charge in [0.25, 0.3) is 0 Å². The first-order valence-electron chi connectivity index (χ1n) is 4.80. The van der Waals surface area contributed by atoms with Crippen molar-refractivity contribution in [2.45, 2.75) is 32.2 Å². The van der Waals surface area contributed by atoms with E-state index in [4.69, 9.17) is 0 Å². The lowest BCUT2D eigenvalue weighted by Gasteiger charge is -2.17. The zero-order valence-corrected chi connectivity index (χ0v) is 8.36. The van der Waals surface area contributed by atoms with Crippen molar-refractivity contribution < 1.29 is 0 Å². The van der Waals surface area contributed by atoms with Gasteiger partial charge >= 0.3 is 0 Å². The summed E-state index contributed by atoms with van der Waals surface area (Å²) in [5, 5.41) is 4.73. The van der Waals surface area contributed by atoms with Crippen LogP contribution in [0.2, 0.25) is 0 Å². The van der Waals surface area contributed by atoms with Crippen LogP contribution in [0, 0.1) is 5.92 Å². The maximum absolute atomic E-state index is 4.40. The van der Waals surface area contributed by atoms with E-state index < -0.39 is 0 Å². The molecule has 0 aromatic rings. The second-order valence-electron chi connectivity index (χ2n) is 3.69. The largest absolute Gasteiger partial charge is 0.362 e. The van der Waals surface area contributed by atoms with Crippen molar-refractivity contribution in [2.75, 3.05) is 12.3 Å². The monoisotopic (exact) mass is 184 g/mol. The summed E-state index contributed by atoms with van der Waals surface area (Å²) in [6, 6.07) is 0.703. The summed E-state index contributed by atoms with van der Waals surface area (Å²) in [5.41, 5.74) is 0. The Balaban J connectivity index is 1.85. The van der Waals surface area contributed by atoms with E-state index in [0.29, 0.717) is 6.04 Å². The molecule has 2 unspecified atom stereocenters. The first kappa shape index (κ1) is 8.42. The minimum absolute atomic E-state index is 0.703. The molecule has 0 radical (unpaired) electrons. The highest BCUT2D eigenvalue weighted by atomic mass is 32.2. The zero-order chi connectivity index (χ0) is 8.39. The Labute approximate surface area is 78.2 Å². The standard InChI is InChI=1S/C9H16N2S/c1-7-3-2-4-8(7)11-9-10-5-6-12-9/h7-8H,2-6H2,1H3,(H,10,11). The molecule has 1 aliphatic carbocycles. The molecule has 2 aliphatic rings. The van der Waals surface area contributed by atoms with E-state index in [0.717, 1.165) is 12.5 Å². The third kappa shape index (κ3) is 1.76. The lowest BCUT2D eigenvalue weighted by Crippen LogP contribution is -2.34. The van der Waals surface area contributed by atoms with Gasteiger partial charge in [-0.2, -0.15) is 0 Å². The topological polar surface area (TPSA) is 24.4 Å². The highest BCUT2D eigenvalue weighted by molar-refractivity contribution is 8.14. The van der Waals surface area contributed by atoms with Gasteiger partial charge in [-0.15, -0.1) is 0 Å². The minimum Gasteiger partial charge on any atom is -0.362 e. The number of thioether (sulfide) groups is 1. The predicted molar refractivity (Wildman–Crippen MR) is 54.7 cm³/mol. The van der Waals surface area contributed by atoms with Crippen molar-refractivity contribution in [3.8, 4) is 0 Å². The van der Waals surface area contributed by atoms with Crippen LogP contribution in [0.25, 0.3) is 0 Å². The molecule has 3 heteroatoms. The van der Waals surface area contributed by atoms with Crippen molar-refractivity contribution in [2.24, 2.45) is 10.9 Å². The van der Waals surface area contributed by atoms with Gasteiger partial charge in [-0.3, -0.25) is 4.99 Å². The van der Waals surface area contributed by atoms with Crippen LogP contribution in [0.4, 0.5) is 0 Å². The van der Waals surface area contributed by atoms with Crippen LogP contribution in [-0.4, -0.2) is 23.5 Å². The first-order valence-corrected chi connectivity index (χ1v) is 5.78. The van der Waals surface area contributed by atoms with Crippen LogP contribution >= 0.6 is 11.8 Å². The molecule has 12 heavy (non-hydrogen) atoms. The van der Waals surface area contributed by atoms with Gasteiger partial charge < -0.3 is 5.32 Å². The number of hydrogen-bond acceptors (Lipinski definition) is 3. The van der Waals surface area contributed by atoms with Crippen molar-refractivity contribution in [1.29, 1.82) is 0 Å². The quantitative estimate of drug-likeness (QED) is 0.673. The summed E-state index contributed by atoms with van der Waals surface area (Å²) in [6.07, 6.45) is 4.10. The van der Waals surface area contributed by atoms with Gasteiger partial charge in [0.05, 0.1) is 6.54 Å². The van der Waals surface area contributed by atoms with E-state index in [-0.39, 0.29) is 0 Å². The molecule has 0 bridgehead atoms. The smallest absolute Gasteiger partial charge is 0.156 e. The van der Waals surface area contributed by atoms with E-state index >= 15 is 0 Å². The van der Waals surface area contributed by atoms with Gasteiger partial charge in [-0.05, 0) is 18.8 Å². The summed E-state index contributed by atoms with van der Waals surface area (Å²) >= 11 is 1.87. The van der Waals surface area contributed by atoms with Crippen molar-refractivity contribution >= 4 is 16.9 Å². The van der Waals surface area contributed by atoms with E-state index in [2.05, 4.69) is 17.2 Å². The summed E-state index contributed by atoms with van der Waals surface area (Å²) in [4.78, 5) is 4.40. The van der Waals surface area contributed by atoms with Gasteiger partial charge in [0, 0.05) is 11.8 Å². The van der Waals surface area contributed by atoms with Crippen LogP contribution in [0.15, 0.2) is 4.99 Å². The number of aliphatic imine (C=N–C) groups is 1. The number of hydrogen-bond donors (Lipinski definition) is 1. The van der Waals surface area contributed by atoms with E-state index in [1.165, 1.54) is 30.2 Å². The van der Waals surface area contributed by atoms with Gasteiger partial charge in [-0.25, -0.2) is 0 Å². The number of rotatable bonds is 1. The van der Waals surface area contributed by atoms with Crippen LogP contribution in [0.5, 0.6) is 0 Å². The fourth-order valence-corrected chi connectivity index (χ4v) is 2.73. The van der Waals surface area contributed by atoms with E-state index in [1.54, 1.807) is 0 Å². The fraction of sp³-hybridized carbons (Fsp3) is 0.889. The Bertz CT molecular complexity index is 191. The molecular weight excluding hydrogens is 168 g/mol. The molecule has 1 aliphatic heterocycles. The van der Waals surface area contributed by atoms with Gasteiger partial charge in [0.15, 0.2) is 5.17 Å². The van der Waals surface area contributed by atoms with Crippen LogP contribution in [0.1, 0.15) is 26.2 Å². The Morgan fingerprint density at radius 3 is 3.00 bits per heavy atom. The lowest BCUT2D eigenvalue weighted by atomic mass is 10.1. The van der Waals surface area contributed by atoms with E-state index in [1.807, 2.05) is 11.8 Å². The Kier molecular flexibility index (Phi) is 2.59. The molecular formula is C9H16N2S. The Morgan fingerprint density at radius 1 is 1.50 bits per heavy atom. The molecule has 0 aromatic carbocycles. The number of amidine groups is 1. The van der Waals surface area contributed by atoms with E-state index in [9.17, 15) is 0 Å². The molecule has 0 amide bonds. The Hall–Kier alpha value is -0.180. The molecule has 1 saturated carbocycles. The van der Waals surface area contributed by atoms with Crippen LogP contribution in [-0.2, 0) is 0 Å². The van der Waals surface area contributed by atoms with Crippen molar-refractivity contribution in [3.05, 3.63) is 0 Å². The highest BCUT2D eigenvalue weighted by Gasteiger charge is 2.24. The summed E-state index contributed by atoms with van der Waals surface area (Å²) < 4.78 is 0. The molecule has 2 atom stereocenters. The number of nitrogens with zero attached hydrogens (tertiary/aromatic N) is 1. The SMILES string of the molecule is CC1CCCC1NC1=NCCS1. The summed E-state index contributed by atoms with van der Waals surface area (Å²) in [5.74, 6) is 2.01. The third-order valence-electron chi connectivity index (χ3n) is 2.76. The lowest BCUT2D eigenvalue weighted by molar-refractivity contribution is 0.489. The van der Waals surface area contributed by atoms with Gasteiger partial charge in [0.1, 0.15) is 0 Å². The average Bonchev–Trinajstić information content (AvgIpc) is 2.65. The normalized spacial score (nSPS) is 35.2. The molecule has 0 aromatic heterocycles. The molecule has 1 N–H and O–H groups in total. The summed E-state index contributed by atoms with van der Waals surface area (Å²) in [6.45, 7) is 3.35. The molecule has 1 fully saturated rings. The molecule has 2 nitrogen and oxygen atoms in total. The predicted octanol–water partition coefficient (Wildman–Crippen LogP) is 1.87. The van der Waals surface area contributed by atoms with Crippen LogP contribution in [0.3, 0.4) is 0 Å². The minimum atomic E-state index is 0.703. The maximum atomic E-state index is 4.40. The van der Waals surface area contributed by atoms with Crippen LogP contribution < -0.4 is 5.32 Å². The molecule has 0 spiro atoms. The molecule has 0 saturated heterocycles. The second-order valence-corrected chi connectivity index (χ2v) is 4.78.